The van der Waals surface area contributed by atoms with Crippen LogP contribution in [0.5, 0.6) is 0 Å². The van der Waals surface area contributed by atoms with E-state index in [9.17, 15) is 0 Å². The fourth-order valence-corrected chi connectivity index (χ4v) is 2.89. The van der Waals surface area contributed by atoms with Crippen molar-refractivity contribution in [2.75, 3.05) is 4.90 Å². The molecule has 0 aliphatic heterocycles. The number of nitrogens with zero attached hydrogens (tertiary/aromatic N) is 1. The molecule has 0 aliphatic rings. The van der Waals surface area contributed by atoms with Crippen LogP contribution in [-0.2, 0) is 12.4 Å². The second-order valence-electron chi connectivity index (χ2n) is 5.11. The lowest BCUT2D eigenvalue weighted by Gasteiger charge is -2.31. The number of hydrogen-bond acceptors (Lipinski definition) is 1. The van der Waals surface area contributed by atoms with Gasteiger partial charge < -0.3 is 4.90 Å². The monoisotopic (exact) mass is 351 g/mol. The molecule has 0 fully saturated rings. The Morgan fingerprint density at radius 1 is 1.10 bits per heavy atom. The summed E-state index contributed by atoms with van der Waals surface area (Å²) >= 11 is 9.62. The summed E-state index contributed by atoms with van der Waals surface area (Å²) in [6, 6.07) is 17.3. The van der Waals surface area contributed by atoms with Gasteiger partial charge >= 0.3 is 0 Å². The van der Waals surface area contributed by atoms with Gasteiger partial charge in [0.1, 0.15) is 0 Å². The SMILES string of the molecule is CC(C)N(Cc1ccccc1)c1ccc(Br)cc1CCl. The van der Waals surface area contributed by atoms with E-state index in [1.165, 1.54) is 11.3 Å². The Morgan fingerprint density at radius 3 is 2.40 bits per heavy atom. The molecule has 20 heavy (non-hydrogen) atoms. The van der Waals surface area contributed by atoms with Gasteiger partial charge in [-0.2, -0.15) is 0 Å². The van der Waals surface area contributed by atoms with Crippen LogP contribution < -0.4 is 4.90 Å². The predicted molar refractivity (Wildman–Crippen MR) is 91.5 cm³/mol. The molecule has 0 bridgehead atoms. The number of alkyl halides is 1. The smallest absolute Gasteiger partial charge is 0.0494 e. The number of hydrogen-bond donors (Lipinski definition) is 0. The van der Waals surface area contributed by atoms with E-state index in [4.69, 9.17) is 11.6 Å². The highest BCUT2D eigenvalue weighted by Gasteiger charge is 2.15. The normalized spacial score (nSPS) is 10.8. The summed E-state index contributed by atoms with van der Waals surface area (Å²) in [5.74, 6) is 0.521. The van der Waals surface area contributed by atoms with E-state index < -0.39 is 0 Å². The summed E-state index contributed by atoms with van der Waals surface area (Å²) in [5.41, 5.74) is 3.68. The molecule has 1 nitrogen and oxygen atoms in total. The van der Waals surface area contributed by atoms with Gasteiger partial charge in [0.2, 0.25) is 0 Å². The molecule has 2 aromatic carbocycles. The second-order valence-corrected chi connectivity index (χ2v) is 6.30. The number of halogens is 2. The van der Waals surface area contributed by atoms with E-state index >= 15 is 0 Å². The van der Waals surface area contributed by atoms with Crippen molar-refractivity contribution < 1.29 is 0 Å². The van der Waals surface area contributed by atoms with Gasteiger partial charge in [0.25, 0.3) is 0 Å². The highest BCUT2D eigenvalue weighted by molar-refractivity contribution is 9.10. The van der Waals surface area contributed by atoms with Crippen LogP contribution in [0.15, 0.2) is 53.0 Å². The quantitative estimate of drug-likeness (QED) is 0.633. The number of rotatable bonds is 5. The summed E-state index contributed by atoms with van der Waals surface area (Å²) in [7, 11) is 0. The molecule has 106 valence electrons. The molecule has 0 aliphatic carbocycles. The maximum Gasteiger partial charge on any atom is 0.0494 e. The Labute approximate surface area is 134 Å². The van der Waals surface area contributed by atoms with Gasteiger partial charge in [-0.25, -0.2) is 0 Å². The van der Waals surface area contributed by atoms with Crippen LogP contribution in [0, 0.1) is 0 Å². The molecular weight excluding hydrogens is 334 g/mol. The van der Waals surface area contributed by atoms with Crippen LogP contribution in [0.2, 0.25) is 0 Å². The molecule has 3 heteroatoms. The third-order valence-corrected chi connectivity index (χ3v) is 4.10. The lowest BCUT2D eigenvalue weighted by molar-refractivity contribution is 0.680. The van der Waals surface area contributed by atoms with Gasteiger partial charge in [-0.1, -0.05) is 46.3 Å². The Balaban J connectivity index is 2.34. The highest BCUT2D eigenvalue weighted by atomic mass is 79.9. The van der Waals surface area contributed by atoms with Gasteiger partial charge in [0.15, 0.2) is 0 Å². The minimum atomic E-state index is 0.415. The first kappa shape index (κ1) is 15.4. The van der Waals surface area contributed by atoms with Crippen molar-refractivity contribution >= 4 is 33.2 Å². The van der Waals surface area contributed by atoms with Gasteiger partial charge in [-0.05, 0) is 43.2 Å². The van der Waals surface area contributed by atoms with E-state index in [0.717, 1.165) is 16.6 Å². The van der Waals surface area contributed by atoms with Crippen LogP contribution in [0.3, 0.4) is 0 Å². The van der Waals surface area contributed by atoms with Crippen molar-refractivity contribution in [3.63, 3.8) is 0 Å². The summed E-state index contributed by atoms with van der Waals surface area (Å²) in [6.07, 6.45) is 0. The molecule has 0 amide bonds. The lowest BCUT2D eigenvalue weighted by atomic mass is 10.1. The largest absolute Gasteiger partial charge is 0.365 e. The molecule has 2 rings (SSSR count). The number of anilines is 1. The van der Waals surface area contributed by atoms with Gasteiger partial charge in [-0.15, -0.1) is 11.6 Å². The maximum absolute atomic E-state index is 6.11. The third-order valence-electron chi connectivity index (χ3n) is 3.31. The van der Waals surface area contributed by atoms with Crippen molar-refractivity contribution in [1.29, 1.82) is 0 Å². The van der Waals surface area contributed by atoms with Crippen molar-refractivity contribution in [1.82, 2.24) is 0 Å². The van der Waals surface area contributed by atoms with Crippen LogP contribution in [-0.4, -0.2) is 6.04 Å². The van der Waals surface area contributed by atoms with Crippen LogP contribution >= 0.6 is 27.5 Å². The Hall–Kier alpha value is -0.990. The predicted octanol–water partition coefficient (Wildman–Crippen LogP) is 5.60. The molecule has 0 radical (unpaired) electrons. The van der Waals surface area contributed by atoms with Crippen molar-refractivity contribution in [3.05, 3.63) is 64.1 Å². The fraction of sp³-hybridized carbons (Fsp3) is 0.294. The molecule has 0 unspecified atom stereocenters. The Kier molecular flexibility index (Phi) is 5.50. The van der Waals surface area contributed by atoms with E-state index in [1.807, 2.05) is 6.07 Å². The number of benzene rings is 2. The van der Waals surface area contributed by atoms with Crippen molar-refractivity contribution in [2.45, 2.75) is 32.3 Å². The molecule has 0 N–H and O–H groups in total. The summed E-state index contributed by atoms with van der Waals surface area (Å²) < 4.78 is 1.07. The fourth-order valence-electron chi connectivity index (χ4n) is 2.27. The topological polar surface area (TPSA) is 3.24 Å². The average molecular weight is 353 g/mol. The first-order valence-electron chi connectivity index (χ1n) is 6.76. The first-order chi connectivity index (χ1) is 9.61. The third kappa shape index (κ3) is 3.77. The zero-order valence-corrected chi connectivity index (χ0v) is 14.2. The van der Waals surface area contributed by atoms with Crippen LogP contribution in [0.1, 0.15) is 25.0 Å². The lowest BCUT2D eigenvalue weighted by Crippen LogP contribution is -2.30. The van der Waals surface area contributed by atoms with Crippen molar-refractivity contribution in [2.24, 2.45) is 0 Å². The summed E-state index contributed by atoms with van der Waals surface area (Å²) in [6.45, 7) is 5.32. The van der Waals surface area contributed by atoms with Crippen LogP contribution in [0.4, 0.5) is 5.69 Å². The maximum atomic E-state index is 6.11. The Morgan fingerprint density at radius 2 is 1.80 bits per heavy atom. The zero-order chi connectivity index (χ0) is 14.5. The van der Waals surface area contributed by atoms with Crippen LogP contribution in [0.25, 0.3) is 0 Å². The zero-order valence-electron chi connectivity index (χ0n) is 11.8. The minimum absolute atomic E-state index is 0.415. The van der Waals surface area contributed by atoms with Gasteiger partial charge in [-0.3, -0.25) is 0 Å². The summed E-state index contributed by atoms with van der Waals surface area (Å²) in [5, 5.41) is 0. The second kappa shape index (κ2) is 7.14. The molecule has 2 aromatic rings. The Bertz CT molecular complexity index is 554. The first-order valence-corrected chi connectivity index (χ1v) is 8.09. The summed E-state index contributed by atoms with van der Waals surface area (Å²) in [4.78, 5) is 2.39. The highest BCUT2D eigenvalue weighted by Crippen LogP contribution is 2.28. The van der Waals surface area contributed by atoms with Crippen molar-refractivity contribution in [3.8, 4) is 0 Å². The van der Waals surface area contributed by atoms with E-state index in [1.54, 1.807) is 0 Å². The molecule has 0 atom stereocenters. The molecule has 0 aromatic heterocycles. The average Bonchev–Trinajstić information content (AvgIpc) is 2.46. The van der Waals surface area contributed by atoms with E-state index in [0.29, 0.717) is 11.9 Å². The molecule has 0 heterocycles. The van der Waals surface area contributed by atoms with E-state index in [2.05, 4.69) is 77.1 Å². The van der Waals surface area contributed by atoms with E-state index in [-0.39, 0.29) is 0 Å². The standard InChI is InChI=1S/C17H19BrClN/c1-13(2)20(12-14-6-4-3-5-7-14)17-9-8-16(18)10-15(17)11-19/h3-10,13H,11-12H2,1-2H3. The molecule has 0 spiro atoms. The molecule has 0 saturated heterocycles. The van der Waals surface area contributed by atoms with Gasteiger partial charge in [0, 0.05) is 28.6 Å². The van der Waals surface area contributed by atoms with Gasteiger partial charge in [0.05, 0.1) is 0 Å². The minimum Gasteiger partial charge on any atom is -0.365 e. The molecule has 0 saturated carbocycles. The molecular formula is C17H19BrClN.